The third-order valence-corrected chi connectivity index (χ3v) is 4.08. The van der Waals surface area contributed by atoms with Crippen LogP contribution in [0.4, 0.5) is 0 Å². The van der Waals surface area contributed by atoms with Crippen LogP contribution in [0.1, 0.15) is 90.4 Å². The Bertz CT molecular complexity index is 336. The molecule has 0 saturated carbocycles. The van der Waals surface area contributed by atoms with E-state index in [1.807, 2.05) is 12.2 Å². The fourth-order valence-electron chi connectivity index (χ4n) is 2.61. The molecule has 0 saturated heterocycles. The first-order valence-corrected chi connectivity index (χ1v) is 9.17. The number of carbonyl (C=O) groups is 2. The molecular weight excluding hydrogens is 292 g/mol. The van der Waals surface area contributed by atoms with Crippen molar-refractivity contribution in [2.75, 3.05) is 0 Å². The van der Waals surface area contributed by atoms with Crippen molar-refractivity contribution in [2.45, 2.75) is 90.4 Å². The molecule has 0 aliphatic carbocycles. The molecule has 0 radical (unpaired) electrons. The Morgan fingerprint density at radius 1 is 0.826 bits per heavy atom. The minimum Gasteiger partial charge on any atom is -0.481 e. The third-order valence-electron chi connectivity index (χ3n) is 4.08. The number of allylic oxidation sites excluding steroid dienone is 2. The Morgan fingerprint density at radius 3 is 1.83 bits per heavy atom. The summed E-state index contributed by atoms with van der Waals surface area (Å²) < 4.78 is 0. The van der Waals surface area contributed by atoms with Crippen molar-refractivity contribution >= 4 is 11.9 Å². The Morgan fingerprint density at radius 2 is 1.35 bits per heavy atom. The van der Waals surface area contributed by atoms with Gasteiger partial charge in [0.05, 0.1) is 12.3 Å². The highest BCUT2D eigenvalue weighted by Gasteiger charge is 2.18. The summed E-state index contributed by atoms with van der Waals surface area (Å²) >= 11 is 0. The van der Waals surface area contributed by atoms with Gasteiger partial charge in [-0.25, -0.2) is 0 Å². The zero-order chi connectivity index (χ0) is 17.3. The van der Waals surface area contributed by atoms with E-state index in [0.717, 1.165) is 12.8 Å². The van der Waals surface area contributed by atoms with Gasteiger partial charge in [0.1, 0.15) is 0 Å². The molecule has 0 aliphatic heterocycles. The van der Waals surface area contributed by atoms with E-state index in [0.29, 0.717) is 6.42 Å². The summed E-state index contributed by atoms with van der Waals surface area (Å²) in [5.41, 5.74) is 0. The SMILES string of the molecule is CCCCCCCCCCCC/C=C\CC(CC(=O)O)C(=O)O. The molecule has 0 amide bonds. The quantitative estimate of drug-likeness (QED) is 0.293. The predicted octanol–water partition coefficient (Wildman–Crippen LogP) is 5.42. The highest BCUT2D eigenvalue weighted by Crippen LogP contribution is 2.13. The molecule has 0 fully saturated rings. The van der Waals surface area contributed by atoms with E-state index in [9.17, 15) is 9.59 Å². The average Bonchev–Trinajstić information content (AvgIpc) is 2.50. The lowest BCUT2D eigenvalue weighted by molar-refractivity contribution is -0.148. The summed E-state index contributed by atoms with van der Waals surface area (Å²) in [4.78, 5) is 21.4. The molecule has 0 bridgehead atoms. The lowest BCUT2D eigenvalue weighted by Gasteiger charge is -2.05. The van der Waals surface area contributed by atoms with E-state index in [-0.39, 0.29) is 6.42 Å². The van der Waals surface area contributed by atoms with E-state index in [2.05, 4.69) is 6.92 Å². The van der Waals surface area contributed by atoms with Gasteiger partial charge < -0.3 is 10.2 Å². The Kier molecular flexibility index (Phi) is 14.7. The Hall–Kier alpha value is -1.32. The lowest BCUT2D eigenvalue weighted by atomic mass is 10.0. The summed E-state index contributed by atoms with van der Waals surface area (Å²) in [5, 5.41) is 17.6. The normalized spacial score (nSPS) is 12.6. The first-order chi connectivity index (χ1) is 11.1. The second-order valence-corrected chi connectivity index (χ2v) is 6.31. The molecule has 23 heavy (non-hydrogen) atoms. The number of unbranched alkanes of at least 4 members (excludes halogenated alkanes) is 10. The van der Waals surface area contributed by atoms with E-state index < -0.39 is 17.9 Å². The highest BCUT2D eigenvalue weighted by atomic mass is 16.4. The standard InChI is InChI=1S/C19H34O4/c1-2-3-4-5-6-7-8-9-10-11-12-13-14-15-17(19(22)23)16-18(20)21/h13-14,17H,2-12,15-16H2,1H3,(H,20,21)(H,22,23)/b14-13-. The molecule has 134 valence electrons. The average molecular weight is 326 g/mol. The van der Waals surface area contributed by atoms with E-state index in [1.165, 1.54) is 57.8 Å². The van der Waals surface area contributed by atoms with Crippen LogP contribution in [0.15, 0.2) is 12.2 Å². The van der Waals surface area contributed by atoms with Crippen LogP contribution in [0, 0.1) is 5.92 Å². The Balaban J connectivity index is 3.46. The van der Waals surface area contributed by atoms with Crippen LogP contribution < -0.4 is 0 Å². The van der Waals surface area contributed by atoms with Crippen molar-refractivity contribution in [3.05, 3.63) is 12.2 Å². The number of rotatable bonds is 16. The van der Waals surface area contributed by atoms with Crippen LogP contribution in [-0.4, -0.2) is 22.2 Å². The first kappa shape index (κ1) is 21.7. The molecule has 0 aliphatic rings. The zero-order valence-electron chi connectivity index (χ0n) is 14.6. The molecule has 2 N–H and O–H groups in total. The van der Waals surface area contributed by atoms with Gasteiger partial charge in [-0.3, -0.25) is 9.59 Å². The van der Waals surface area contributed by atoms with Crippen molar-refractivity contribution in [3.63, 3.8) is 0 Å². The highest BCUT2D eigenvalue weighted by molar-refractivity contribution is 5.77. The van der Waals surface area contributed by atoms with E-state index >= 15 is 0 Å². The first-order valence-electron chi connectivity index (χ1n) is 9.17. The number of hydrogen-bond donors (Lipinski definition) is 2. The minimum absolute atomic E-state index is 0.305. The largest absolute Gasteiger partial charge is 0.481 e. The van der Waals surface area contributed by atoms with Crippen molar-refractivity contribution < 1.29 is 19.8 Å². The molecule has 0 aromatic heterocycles. The fraction of sp³-hybridized carbons (Fsp3) is 0.789. The summed E-state index contributed by atoms with van der Waals surface area (Å²) in [7, 11) is 0. The van der Waals surface area contributed by atoms with Crippen LogP contribution in [0.5, 0.6) is 0 Å². The van der Waals surface area contributed by atoms with Crippen molar-refractivity contribution in [1.29, 1.82) is 0 Å². The second-order valence-electron chi connectivity index (χ2n) is 6.31. The number of aliphatic carboxylic acids is 2. The molecule has 4 heteroatoms. The molecule has 1 atom stereocenters. The van der Waals surface area contributed by atoms with Gasteiger partial charge in [-0.15, -0.1) is 0 Å². The monoisotopic (exact) mass is 326 g/mol. The van der Waals surface area contributed by atoms with E-state index in [1.54, 1.807) is 0 Å². The lowest BCUT2D eigenvalue weighted by Crippen LogP contribution is -2.16. The van der Waals surface area contributed by atoms with Gasteiger partial charge in [0.15, 0.2) is 0 Å². The third kappa shape index (κ3) is 15.4. The van der Waals surface area contributed by atoms with E-state index in [4.69, 9.17) is 10.2 Å². The smallest absolute Gasteiger partial charge is 0.307 e. The van der Waals surface area contributed by atoms with Gasteiger partial charge in [-0.1, -0.05) is 76.9 Å². The zero-order valence-corrected chi connectivity index (χ0v) is 14.6. The molecule has 1 unspecified atom stereocenters. The maximum absolute atomic E-state index is 10.9. The summed E-state index contributed by atoms with van der Waals surface area (Å²) in [6.45, 7) is 2.24. The number of carboxylic acid groups (broad SMARTS) is 2. The van der Waals surface area contributed by atoms with Gasteiger partial charge in [-0.05, 0) is 19.3 Å². The van der Waals surface area contributed by atoms with Crippen molar-refractivity contribution in [2.24, 2.45) is 5.92 Å². The van der Waals surface area contributed by atoms with Crippen LogP contribution in [0.3, 0.4) is 0 Å². The van der Waals surface area contributed by atoms with Crippen LogP contribution in [0.25, 0.3) is 0 Å². The molecule has 0 aromatic carbocycles. The van der Waals surface area contributed by atoms with Crippen LogP contribution in [-0.2, 0) is 9.59 Å². The predicted molar refractivity (Wildman–Crippen MR) is 93.6 cm³/mol. The molecule has 0 spiro atoms. The minimum atomic E-state index is -1.06. The number of hydrogen-bond acceptors (Lipinski definition) is 2. The maximum atomic E-state index is 10.9. The number of carboxylic acids is 2. The summed E-state index contributed by atoms with van der Waals surface area (Å²) in [6, 6.07) is 0. The second kappa shape index (κ2) is 15.6. The molecule has 0 aromatic rings. The molecular formula is C19H34O4. The fourth-order valence-corrected chi connectivity index (χ4v) is 2.61. The van der Waals surface area contributed by atoms with Crippen molar-refractivity contribution in [3.8, 4) is 0 Å². The van der Waals surface area contributed by atoms with Gasteiger partial charge in [0, 0.05) is 0 Å². The van der Waals surface area contributed by atoms with Gasteiger partial charge in [0.25, 0.3) is 0 Å². The summed E-state index contributed by atoms with van der Waals surface area (Å²) in [5.74, 6) is -2.90. The molecule has 0 rings (SSSR count). The van der Waals surface area contributed by atoms with Crippen LogP contribution >= 0.6 is 0 Å². The van der Waals surface area contributed by atoms with Gasteiger partial charge in [-0.2, -0.15) is 0 Å². The van der Waals surface area contributed by atoms with Gasteiger partial charge >= 0.3 is 11.9 Å². The topological polar surface area (TPSA) is 74.6 Å². The Labute approximate surface area is 141 Å². The summed E-state index contributed by atoms with van der Waals surface area (Å²) in [6.07, 6.45) is 17.8. The van der Waals surface area contributed by atoms with Crippen LogP contribution in [0.2, 0.25) is 0 Å². The van der Waals surface area contributed by atoms with Gasteiger partial charge in [0.2, 0.25) is 0 Å². The molecule has 4 nitrogen and oxygen atoms in total. The maximum Gasteiger partial charge on any atom is 0.307 e. The van der Waals surface area contributed by atoms with Crippen molar-refractivity contribution in [1.82, 2.24) is 0 Å². The molecule has 0 heterocycles.